The van der Waals surface area contributed by atoms with Crippen molar-refractivity contribution in [3.05, 3.63) is 78.4 Å². The largest absolute Gasteiger partial charge is 0.295 e. The molecule has 0 saturated carbocycles. The van der Waals surface area contributed by atoms with Crippen molar-refractivity contribution >= 4 is 11.9 Å². The first-order chi connectivity index (χ1) is 11.7. The van der Waals surface area contributed by atoms with Crippen molar-refractivity contribution in [2.75, 3.05) is 5.32 Å². The molecular formula is C19H16FN3O. The molecule has 0 radical (unpaired) electrons. The fourth-order valence-corrected chi connectivity index (χ4v) is 2.27. The minimum atomic E-state index is -0.290. The van der Waals surface area contributed by atoms with Gasteiger partial charge in [-0.1, -0.05) is 42.5 Å². The molecule has 0 unspecified atom stereocenters. The van der Waals surface area contributed by atoms with E-state index >= 15 is 0 Å². The molecule has 0 aliphatic heterocycles. The van der Waals surface area contributed by atoms with E-state index in [1.165, 1.54) is 12.1 Å². The molecule has 5 heteroatoms. The predicted octanol–water partition coefficient (Wildman–Crippen LogP) is 3.85. The van der Waals surface area contributed by atoms with Crippen molar-refractivity contribution in [3.8, 4) is 11.1 Å². The molecule has 0 saturated heterocycles. The van der Waals surface area contributed by atoms with Crippen LogP contribution in [0.15, 0.2) is 67.0 Å². The number of amides is 1. The average Bonchev–Trinajstić information content (AvgIpc) is 2.62. The SMILES string of the molecule is O=C(CCc1ccccc1)Nc1ncc(-c2ccc(F)cc2)cn1. The van der Waals surface area contributed by atoms with E-state index in [-0.39, 0.29) is 17.7 Å². The number of anilines is 1. The van der Waals surface area contributed by atoms with Crippen LogP contribution in [0.3, 0.4) is 0 Å². The summed E-state index contributed by atoms with van der Waals surface area (Å²) >= 11 is 0. The van der Waals surface area contributed by atoms with Gasteiger partial charge in [0.05, 0.1) is 0 Å². The van der Waals surface area contributed by atoms with E-state index < -0.39 is 0 Å². The first-order valence-electron chi connectivity index (χ1n) is 7.62. The molecule has 0 bridgehead atoms. The Labute approximate surface area is 139 Å². The normalized spacial score (nSPS) is 10.4. The third-order valence-corrected chi connectivity index (χ3v) is 3.56. The number of nitrogens with one attached hydrogen (secondary N) is 1. The molecule has 2 aromatic carbocycles. The van der Waals surface area contributed by atoms with Gasteiger partial charge in [-0.15, -0.1) is 0 Å². The van der Waals surface area contributed by atoms with Crippen molar-refractivity contribution in [1.29, 1.82) is 0 Å². The van der Waals surface area contributed by atoms with Crippen LogP contribution in [0.1, 0.15) is 12.0 Å². The van der Waals surface area contributed by atoms with Gasteiger partial charge < -0.3 is 0 Å². The van der Waals surface area contributed by atoms with Crippen molar-refractivity contribution in [2.45, 2.75) is 12.8 Å². The molecule has 1 amide bonds. The Morgan fingerprint density at radius 2 is 1.58 bits per heavy atom. The fraction of sp³-hybridized carbons (Fsp3) is 0.105. The van der Waals surface area contributed by atoms with Crippen LogP contribution in [0.2, 0.25) is 0 Å². The van der Waals surface area contributed by atoms with Gasteiger partial charge in [0.2, 0.25) is 11.9 Å². The van der Waals surface area contributed by atoms with Gasteiger partial charge in [-0.05, 0) is 29.7 Å². The van der Waals surface area contributed by atoms with Gasteiger partial charge in [-0.25, -0.2) is 14.4 Å². The number of carbonyl (C=O) groups excluding carboxylic acids is 1. The smallest absolute Gasteiger partial charge is 0.229 e. The Morgan fingerprint density at radius 1 is 0.917 bits per heavy atom. The van der Waals surface area contributed by atoms with Gasteiger partial charge in [-0.2, -0.15) is 0 Å². The van der Waals surface area contributed by atoms with Crippen molar-refractivity contribution < 1.29 is 9.18 Å². The number of rotatable bonds is 5. The summed E-state index contributed by atoms with van der Waals surface area (Å²) < 4.78 is 12.9. The molecule has 3 rings (SSSR count). The Bertz CT molecular complexity index is 802. The minimum absolute atomic E-state index is 0.131. The zero-order valence-electron chi connectivity index (χ0n) is 12.9. The van der Waals surface area contributed by atoms with Gasteiger partial charge in [0.1, 0.15) is 5.82 Å². The molecule has 0 atom stereocenters. The molecular weight excluding hydrogens is 305 g/mol. The van der Waals surface area contributed by atoms with Gasteiger partial charge in [0.15, 0.2) is 0 Å². The lowest BCUT2D eigenvalue weighted by Crippen LogP contribution is -2.14. The van der Waals surface area contributed by atoms with E-state index in [1.807, 2.05) is 30.3 Å². The quantitative estimate of drug-likeness (QED) is 0.776. The van der Waals surface area contributed by atoms with Crippen molar-refractivity contribution in [1.82, 2.24) is 9.97 Å². The van der Waals surface area contributed by atoms with E-state index in [4.69, 9.17) is 0 Å². The molecule has 0 fully saturated rings. The molecule has 4 nitrogen and oxygen atoms in total. The molecule has 24 heavy (non-hydrogen) atoms. The Balaban J connectivity index is 1.57. The molecule has 0 aliphatic rings. The highest BCUT2D eigenvalue weighted by Crippen LogP contribution is 2.18. The summed E-state index contributed by atoms with van der Waals surface area (Å²) in [6, 6.07) is 15.9. The summed E-state index contributed by atoms with van der Waals surface area (Å²) in [7, 11) is 0. The van der Waals surface area contributed by atoms with E-state index in [2.05, 4.69) is 15.3 Å². The monoisotopic (exact) mass is 321 g/mol. The predicted molar refractivity (Wildman–Crippen MR) is 90.8 cm³/mol. The Morgan fingerprint density at radius 3 is 2.25 bits per heavy atom. The summed E-state index contributed by atoms with van der Waals surface area (Å²) in [5.41, 5.74) is 2.69. The topological polar surface area (TPSA) is 54.9 Å². The standard InChI is InChI=1S/C19H16FN3O/c20-17-9-7-15(8-10-17)16-12-21-19(22-13-16)23-18(24)11-6-14-4-2-1-3-5-14/h1-5,7-10,12-13H,6,11H2,(H,21,22,23,24). The minimum Gasteiger partial charge on any atom is -0.295 e. The van der Waals surface area contributed by atoms with Crippen LogP contribution in [0, 0.1) is 5.82 Å². The third kappa shape index (κ3) is 4.23. The first kappa shape index (κ1) is 15.8. The third-order valence-electron chi connectivity index (χ3n) is 3.56. The summed E-state index contributed by atoms with van der Waals surface area (Å²) in [6.45, 7) is 0. The second kappa shape index (κ2) is 7.46. The van der Waals surface area contributed by atoms with E-state index in [0.29, 0.717) is 12.8 Å². The van der Waals surface area contributed by atoms with Gasteiger partial charge in [0.25, 0.3) is 0 Å². The lowest BCUT2D eigenvalue weighted by molar-refractivity contribution is -0.116. The van der Waals surface area contributed by atoms with Crippen LogP contribution in [0.4, 0.5) is 10.3 Å². The zero-order chi connectivity index (χ0) is 16.8. The van der Waals surface area contributed by atoms with E-state index in [0.717, 1.165) is 16.7 Å². The van der Waals surface area contributed by atoms with Crippen molar-refractivity contribution in [3.63, 3.8) is 0 Å². The molecule has 0 aliphatic carbocycles. The lowest BCUT2D eigenvalue weighted by Gasteiger charge is -2.05. The van der Waals surface area contributed by atoms with Crippen LogP contribution in [0.25, 0.3) is 11.1 Å². The highest BCUT2D eigenvalue weighted by molar-refractivity contribution is 5.89. The molecule has 120 valence electrons. The average molecular weight is 321 g/mol. The van der Waals surface area contributed by atoms with Crippen molar-refractivity contribution in [2.24, 2.45) is 0 Å². The number of hydrogen-bond acceptors (Lipinski definition) is 3. The maximum atomic E-state index is 12.9. The van der Waals surface area contributed by atoms with E-state index in [9.17, 15) is 9.18 Å². The van der Waals surface area contributed by atoms with Crippen LogP contribution in [0.5, 0.6) is 0 Å². The number of carbonyl (C=O) groups is 1. The second-order valence-corrected chi connectivity index (χ2v) is 5.34. The first-order valence-corrected chi connectivity index (χ1v) is 7.62. The van der Waals surface area contributed by atoms with Gasteiger partial charge in [-0.3, -0.25) is 10.1 Å². The fourth-order valence-electron chi connectivity index (χ4n) is 2.27. The molecule has 1 N–H and O–H groups in total. The van der Waals surface area contributed by atoms with Crippen LogP contribution >= 0.6 is 0 Å². The highest BCUT2D eigenvalue weighted by Gasteiger charge is 2.06. The summed E-state index contributed by atoms with van der Waals surface area (Å²) in [5, 5.41) is 2.68. The summed E-state index contributed by atoms with van der Waals surface area (Å²) in [6.07, 6.45) is 4.24. The Kier molecular flexibility index (Phi) is 4.91. The lowest BCUT2D eigenvalue weighted by atomic mass is 10.1. The highest BCUT2D eigenvalue weighted by atomic mass is 19.1. The maximum absolute atomic E-state index is 12.9. The van der Waals surface area contributed by atoms with Gasteiger partial charge >= 0.3 is 0 Å². The molecule has 1 heterocycles. The zero-order valence-corrected chi connectivity index (χ0v) is 12.9. The number of benzene rings is 2. The number of aryl methyl sites for hydroxylation is 1. The number of halogens is 1. The summed E-state index contributed by atoms with van der Waals surface area (Å²) in [4.78, 5) is 20.2. The maximum Gasteiger partial charge on any atom is 0.229 e. The number of hydrogen-bond donors (Lipinski definition) is 1. The van der Waals surface area contributed by atoms with Gasteiger partial charge in [0, 0.05) is 24.4 Å². The van der Waals surface area contributed by atoms with Crippen LogP contribution < -0.4 is 5.32 Å². The number of aromatic nitrogens is 2. The molecule has 1 aromatic heterocycles. The van der Waals surface area contributed by atoms with Crippen LogP contribution in [-0.2, 0) is 11.2 Å². The Hall–Kier alpha value is -3.08. The van der Waals surface area contributed by atoms with Crippen LogP contribution in [-0.4, -0.2) is 15.9 Å². The second-order valence-electron chi connectivity index (χ2n) is 5.34. The summed E-state index contributed by atoms with van der Waals surface area (Å²) in [5.74, 6) is -0.158. The number of nitrogens with zero attached hydrogens (tertiary/aromatic N) is 2. The van der Waals surface area contributed by atoms with E-state index in [1.54, 1.807) is 24.5 Å². The molecule has 0 spiro atoms. The molecule has 3 aromatic rings.